The molecule has 1 amide bonds. The van der Waals surface area contributed by atoms with Crippen LogP contribution in [0.4, 0.5) is 0 Å². The SMILES string of the molecule is C[C@@H]1CCCN(C(=O)c2ccnn2C)C1. The highest BCUT2D eigenvalue weighted by Crippen LogP contribution is 2.17. The van der Waals surface area contributed by atoms with Crippen molar-refractivity contribution < 1.29 is 4.79 Å². The summed E-state index contributed by atoms with van der Waals surface area (Å²) >= 11 is 0. The molecule has 4 nitrogen and oxygen atoms in total. The highest BCUT2D eigenvalue weighted by atomic mass is 16.2. The maximum atomic E-state index is 12.1. The number of likely N-dealkylation sites (tertiary alicyclic amines) is 1. The van der Waals surface area contributed by atoms with Crippen LogP contribution in [-0.2, 0) is 7.05 Å². The van der Waals surface area contributed by atoms with E-state index in [-0.39, 0.29) is 5.91 Å². The topological polar surface area (TPSA) is 38.1 Å². The van der Waals surface area contributed by atoms with Gasteiger partial charge in [-0.15, -0.1) is 0 Å². The molecule has 1 aliphatic rings. The van der Waals surface area contributed by atoms with E-state index in [1.165, 1.54) is 6.42 Å². The molecule has 1 aliphatic heterocycles. The Morgan fingerprint density at radius 2 is 2.40 bits per heavy atom. The molecule has 15 heavy (non-hydrogen) atoms. The van der Waals surface area contributed by atoms with E-state index in [1.807, 2.05) is 4.90 Å². The van der Waals surface area contributed by atoms with Gasteiger partial charge in [0.15, 0.2) is 0 Å². The maximum Gasteiger partial charge on any atom is 0.272 e. The second-order valence-electron chi connectivity index (χ2n) is 4.34. The van der Waals surface area contributed by atoms with Crippen LogP contribution in [0.3, 0.4) is 0 Å². The lowest BCUT2D eigenvalue weighted by Gasteiger charge is -2.30. The van der Waals surface area contributed by atoms with Crippen molar-refractivity contribution >= 4 is 5.91 Å². The molecule has 4 heteroatoms. The van der Waals surface area contributed by atoms with Gasteiger partial charge in [0, 0.05) is 26.3 Å². The van der Waals surface area contributed by atoms with Gasteiger partial charge in [-0.05, 0) is 24.8 Å². The van der Waals surface area contributed by atoms with E-state index >= 15 is 0 Å². The number of hydrogen-bond acceptors (Lipinski definition) is 2. The molecule has 1 fully saturated rings. The van der Waals surface area contributed by atoms with E-state index in [4.69, 9.17) is 0 Å². The zero-order valence-corrected chi connectivity index (χ0v) is 9.31. The van der Waals surface area contributed by atoms with Crippen LogP contribution >= 0.6 is 0 Å². The van der Waals surface area contributed by atoms with Crippen molar-refractivity contribution in [3.63, 3.8) is 0 Å². The number of aryl methyl sites for hydroxylation is 1. The Balaban J connectivity index is 2.11. The number of nitrogens with zero attached hydrogens (tertiary/aromatic N) is 3. The molecule has 82 valence electrons. The Morgan fingerprint density at radius 1 is 1.60 bits per heavy atom. The highest BCUT2D eigenvalue weighted by molar-refractivity contribution is 5.92. The molecular weight excluding hydrogens is 190 g/mol. The number of amides is 1. The number of carbonyl (C=O) groups excluding carboxylic acids is 1. The van der Waals surface area contributed by atoms with Crippen LogP contribution in [0, 0.1) is 5.92 Å². The summed E-state index contributed by atoms with van der Waals surface area (Å²) in [5, 5.41) is 4.02. The van der Waals surface area contributed by atoms with Crippen molar-refractivity contribution in [3.05, 3.63) is 18.0 Å². The van der Waals surface area contributed by atoms with Crippen molar-refractivity contribution in [1.29, 1.82) is 0 Å². The van der Waals surface area contributed by atoms with Crippen molar-refractivity contribution in [2.75, 3.05) is 13.1 Å². The Labute approximate surface area is 89.9 Å². The van der Waals surface area contributed by atoms with Crippen LogP contribution in [0.5, 0.6) is 0 Å². The van der Waals surface area contributed by atoms with Gasteiger partial charge >= 0.3 is 0 Å². The Kier molecular flexibility index (Phi) is 2.75. The molecular formula is C11H17N3O. The standard InChI is InChI=1S/C11H17N3O/c1-9-4-3-7-14(8-9)11(15)10-5-6-12-13(10)2/h5-6,9H,3-4,7-8H2,1-2H3/t9-/m1/s1. The molecule has 2 rings (SSSR count). The van der Waals surface area contributed by atoms with Crippen LogP contribution < -0.4 is 0 Å². The minimum atomic E-state index is 0.113. The van der Waals surface area contributed by atoms with E-state index in [0.29, 0.717) is 11.6 Å². The van der Waals surface area contributed by atoms with E-state index in [2.05, 4.69) is 12.0 Å². The third-order valence-corrected chi connectivity index (χ3v) is 2.98. The summed E-state index contributed by atoms with van der Waals surface area (Å²) in [4.78, 5) is 14.0. The summed E-state index contributed by atoms with van der Waals surface area (Å²) in [6.45, 7) is 3.96. The lowest BCUT2D eigenvalue weighted by molar-refractivity contribution is 0.0672. The van der Waals surface area contributed by atoms with Crippen molar-refractivity contribution in [3.8, 4) is 0 Å². The van der Waals surface area contributed by atoms with Crippen molar-refractivity contribution in [2.24, 2.45) is 13.0 Å². The second kappa shape index (κ2) is 4.04. The van der Waals surface area contributed by atoms with Gasteiger partial charge in [-0.1, -0.05) is 6.92 Å². The first-order valence-corrected chi connectivity index (χ1v) is 5.46. The van der Waals surface area contributed by atoms with Gasteiger partial charge in [0.05, 0.1) is 0 Å². The largest absolute Gasteiger partial charge is 0.337 e. The van der Waals surface area contributed by atoms with Gasteiger partial charge in [0.25, 0.3) is 5.91 Å². The number of piperidine rings is 1. The molecule has 0 aliphatic carbocycles. The molecule has 1 aromatic rings. The maximum absolute atomic E-state index is 12.1. The lowest BCUT2D eigenvalue weighted by atomic mass is 10.00. The average Bonchev–Trinajstić information content (AvgIpc) is 2.63. The molecule has 0 spiro atoms. The number of aromatic nitrogens is 2. The minimum absolute atomic E-state index is 0.113. The van der Waals surface area contributed by atoms with E-state index in [1.54, 1.807) is 24.0 Å². The van der Waals surface area contributed by atoms with E-state index < -0.39 is 0 Å². The van der Waals surface area contributed by atoms with E-state index in [9.17, 15) is 4.79 Å². The molecule has 2 heterocycles. The number of carbonyl (C=O) groups is 1. The average molecular weight is 207 g/mol. The monoisotopic (exact) mass is 207 g/mol. The third kappa shape index (κ3) is 2.03. The van der Waals surface area contributed by atoms with Crippen molar-refractivity contribution in [1.82, 2.24) is 14.7 Å². The predicted molar refractivity (Wildman–Crippen MR) is 57.5 cm³/mol. The fourth-order valence-electron chi connectivity index (χ4n) is 2.12. The van der Waals surface area contributed by atoms with Crippen molar-refractivity contribution in [2.45, 2.75) is 19.8 Å². The molecule has 1 saturated heterocycles. The van der Waals surface area contributed by atoms with Crippen LogP contribution in [0.25, 0.3) is 0 Å². The van der Waals surface area contributed by atoms with Gasteiger partial charge in [0.2, 0.25) is 0 Å². The van der Waals surface area contributed by atoms with Crippen LogP contribution in [0.2, 0.25) is 0 Å². The first-order valence-electron chi connectivity index (χ1n) is 5.46. The van der Waals surface area contributed by atoms with Gasteiger partial charge < -0.3 is 4.90 Å². The van der Waals surface area contributed by atoms with Gasteiger partial charge in [0.1, 0.15) is 5.69 Å². The van der Waals surface area contributed by atoms with Gasteiger partial charge in [-0.25, -0.2) is 0 Å². The molecule has 1 atom stereocenters. The smallest absolute Gasteiger partial charge is 0.272 e. The lowest BCUT2D eigenvalue weighted by Crippen LogP contribution is -2.39. The zero-order chi connectivity index (χ0) is 10.8. The van der Waals surface area contributed by atoms with E-state index in [0.717, 1.165) is 19.5 Å². The quantitative estimate of drug-likeness (QED) is 0.696. The summed E-state index contributed by atoms with van der Waals surface area (Å²) in [5.41, 5.74) is 0.684. The molecule has 0 unspecified atom stereocenters. The molecule has 0 bridgehead atoms. The van der Waals surface area contributed by atoms with Crippen LogP contribution in [-0.4, -0.2) is 33.7 Å². The normalized spacial score (nSPS) is 21.7. The van der Waals surface area contributed by atoms with Crippen LogP contribution in [0.1, 0.15) is 30.3 Å². The number of rotatable bonds is 1. The zero-order valence-electron chi connectivity index (χ0n) is 9.31. The van der Waals surface area contributed by atoms with Gasteiger partial charge in [-0.3, -0.25) is 9.48 Å². The third-order valence-electron chi connectivity index (χ3n) is 2.98. The number of hydrogen-bond donors (Lipinski definition) is 0. The second-order valence-corrected chi connectivity index (χ2v) is 4.34. The summed E-state index contributed by atoms with van der Waals surface area (Å²) < 4.78 is 1.64. The molecule has 1 aromatic heterocycles. The Hall–Kier alpha value is -1.32. The highest BCUT2D eigenvalue weighted by Gasteiger charge is 2.23. The Bertz CT molecular complexity index is 358. The molecule has 0 N–H and O–H groups in total. The first-order chi connectivity index (χ1) is 7.18. The minimum Gasteiger partial charge on any atom is -0.337 e. The molecule has 0 aromatic carbocycles. The fourth-order valence-corrected chi connectivity index (χ4v) is 2.12. The predicted octanol–water partition coefficient (Wildman–Crippen LogP) is 1.29. The van der Waals surface area contributed by atoms with Crippen LogP contribution in [0.15, 0.2) is 12.3 Å². The summed E-state index contributed by atoms with van der Waals surface area (Å²) in [6.07, 6.45) is 4.01. The Morgan fingerprint density at radius 3 is 3.00 bits per heavy atom. The summed E-state index contributed by atoms with van der Waals surface area (Å²) in [5.74, 6) is 0.734. The first kappa shape index (κ1) is 10.2. The summed E-state index contributed by atoms with van der Waals surface area (Å²) in [7, 11) is 1.81. The van der Waals surface area contributed by atoms with Gasteiger partial charge in [-0.2, -0.15) is 5.10 Å². The fraction of sp³-hybridized carbons (Fsp3) is 0.636. The molecule has 0 radical (unpaired) electrons. The molecule has 0 saturated carbocycles. The summed E-state index contributed by atoms with van der Waals surface area (Å²) in [6, 6.07) is 1.78.